The van der Waals surface area contributed by atoms with Gasteiger partial charge in [-0.1, -0.05) is 6.07 Å². The summed E-state index contributed by atoms with van der Waals surface area (Å²) in [5.74, 6) is -0.764. The van der Waals surface area contributed by atoms with Crippen molar-refractivity contribution in [1.82, 2.24) is 0 Å². The monoisotopic (exact) mass is 220 g/mol. The SMILES string of the molecule is COC(=O)c1ccc(C)c([N+](=O)[O-])c1C#N. The third-order valence-electron chi connectivity index (χ3n) is 2.08. The third kappa shape index (κ3) is 1.83. The van der Waals surface area contributed by atoms with Crippen molar-refractivity contribution in [2.75, 3.05) is 7.11 Å². The van der Waals surface area contributed by atoms with E-state index < -0.39 is 10.9 Å². The Balaban J connectivity index is 3.57. The number of aryl methyl sites for hydroxylation is 1. The number of nitro groups is 1. The van der Waals surface area contributed by atoms with Gasteiger partial charge in [-0.15, -0.1) is 0 Å². The predicted molar refractivity (Wildman–Crippen MR) is 53.9 cm³/mol. The zero-order chi connectivity index (χ0) is 12.3. The fourth-order valence-electron chi connectivity index (χ4n) is 1.32. The normalized spacial score (nSPS) is 9.31. The summed E-state index contributed by atoms with van der Waals surface area (Å²) in [5, 5.41) is 19.6. The van der Waals surface area contributed by atoms with Crippen molar-refractivity contribution in [3.63, 3.8) is 0 Å². The van der Waals surface area contributed by atoms with E-state index >= 15 is 0 Å². The zero-order valence-corrected chi connectivity index (χ0v) is 8.68. The Hall–Kier alpha value is -2.42. The van der Waals surface area contributed by atoms with Crippen molar-refractivity contribution < 1.29 is 14.5 Å². The first-order valence-electron chi connectivity index (χ1n) is 4.29. The summed E-state index contributed by atoms with van der Waals surface area (Å²) < 4.78 is 4.44. The minimum Gasteiger partial charge on any atom is -0.465 e. The maximum absolute atomic E-state index is 11.3. The highest BCUT2D eigenvalue weighted by Crippen LogP contribution is 2.26. The lowest BCUT2D eigenvalue weighted by Gasteiger charge is -2.04. The second-order valence-electron chi connectivity index (χ2n) is 3.01. The summed E-state index contributed by atoms with van der Waals surface area (Å²) in [6.07, 6.45) is 0. The molecule has 0 aliphatic rings. The fraction of sp³-hybridized carbons (Fsp3) is 0.200. The Morgan fingerprint density at radius 3 is 2.62 bits per heavy atom. The maximum Gasteiger partial charge on any atom is 0.339 e. The lowest BCUT2D eigenvalue weighted by atomic mass is 10.0. The Morgan fingerprint density at radius 1 is 1.56 bits per heavy atom. The number of nitro benzene ring substituents is 1. The molecule has 1 rings (SSSR count). The first kappa shape index (κ1) is 11.7. The summed E-state index contributed by atoms with van der Waals surface area (Å²) in [4.78, 5) is 21.4. The molecule has 0 unspecified atom stereocenters. The molecule has 16 heavy (non-hydrogen) atoms. The maximum atomic E-state index is 11.3. The van der Waals surface area contributed by atoms with Crippen molar-refractivity contribution in [2.45, 2.75) is 6.92 Å². The number of nitrogens with zero attached hydrogens (tertiary/aromatic N) is 2. The summed E-state index contributed by atoms with van der Waals surface area (Å²) in [6, 6.07) is 4.41. The molecule has 0 aliphatic carbocycles. The van der Waals surface area contributed by atoms with E-state index in [4.69, 9.17) is 5.26 Å². The number of hydrogen-bond acceptors (Lipinski definition) is 5. The first-order valence-corrected chi connectivity index (χ1v) is 4.29. The highest BCUT2D eigenvalue weighted by atomic mass is 16.6. The van der Waals surface area contributed by atoms with Crippen LogP contribution >= 0.6 is 0 Å². The van der Waals surface area contributed by atoms with Gasteiger partial charge in [-0.3, -0.25) is 10.1 Å². The van der Waals surface area contributed by atoms with Crippen LogP contribution in [0.1, 0.15) is 21.5 Å². The smallest absolute Gasteiger partial charge is 0.339 e. The van der Waals surface area contributed by atoms with Crippen LogP contribution in [-0.4, -0.2) is 18.0 Å². The number of ether oxygens (including phenoxy) is 1. The standard InChI is InChI=1S/C10H8N2O4/c1-6-3-4-7(10(13)16-2)8(5-11)9(6)12(14)15/h3-4H,1-2H3. The fourth-order valence-corrected chi connectivity index (χ4v) is 1.32. The largest absolute Gasteiger partial charge is 0.465 e. The van der Waals surface area contributed by atoms with Gasteiger partial charge in [0.15, 0.2) is 0 Å². The highest BCUT2D eigenvalue weighted by Gasteiger charge is 2.24. The van der Waals surface area contributed by atoms with Crippen LogP contribution in [-0.2, 0) is 4.74 Å². The Labute approximate surface area is 91.2 Å². The molecule has 6 nitrogen and oxygen atoms in total. The summed E-state index contributed by atoms with van der Waals surface area (Å²) in [6.45, 7) is 1.50. The summed E-state index contributed by atoms with van der Waals surface area (Å²) in [5.41, 5.74) is -0.390. The van der Waals surface area contributed by atoms with Gasteiger partial charge in [-0.05, 0) is 13.0 Å². The molecular formula is C10H8N2O4. The number of rotatable bonds is 2. The van der Waals surface area contributed by atoms with E-state index in [0.29, 0.717) is 5.56 Å². The Kier molecular flexibility index (Phi) is 3.20. The summed E-state index contributed by atoms with van der Waals surface area (Å²) in [7, 11) is 1.15. The van der Waals surface area contributed by atoms with E-state index in [1.807, 2.05) is 0 Å². The quantitative estimate of drug-likeness (QED) is 0.428. The molecule has 0 heterocycles. The van der Waals surface area contributed by atoms with Crippen LogP contribution in [0.15, 0.2) is 12.1 Å². The van der Waals surface area contributed by atoms with Gasteiger partial charge in [0.05, 0.1) is 17.6 Å². The minimum atomic E-state index is -0.764. The van der Waals surface area contributed by atoms with Crippen molar-refractivity contribution in [1.29, 1.82) is 5.26 Å². The van der Waals surface area contributed by atoms with Crippen LogP contribution in [0.25, 0.3) is 0 Å². The van der Waals surface area contributed by atoms with Gasteiger partial charge < -0.3 is 4.74 Å². The van der Waals surface area contributed by atoms with Gasteiger partial charge in [0, 0.05) is 5.56 Å². The first-order chi connectivity index (χ1) is 7.52. The molecule has 0 radical (unpaired) electrons. The van der Waals surface area contributed by atoms with Gasteiger partial charge in [0.25, 0.3) is 5.69 Å². The molecule has 0 saturated heterocycles. The van der Waals surface area contributed by atoms with Crippen molar-refractivity contribution >= 4 is 11.7 Å². The van der Waals surface area contributed by atoms with Crippen LogP contribution in [0.3, 0.4) is 0 Å². The average Bonchev–Trinajstić information content (AvgIpc) is 2.26. The number of nitriles is 1. The topological polar surface area (TPSA) is 93.2 Å². The summed E-state index contributed by atoms with van der Waals surface area (Å²) >= 11 is 0. The van der Waals surface area contributed by atoms with Gasteiger partial charge in [-0.25, -0.2) is 4.79 Å². The van der Waals surface area contributed by atoms with Crippen molar-refractivity contribution in [3.8, 4) is 6.07 Å². The number of carbonyl (C=O) groups is 1. The number of esters is 1. The molecule has 0 saturated carbocycles. The van der Waals surface area contributed by atoms with Crippen LogP contribution < -0.4 is 0 Å². The molecule has 0 atom stereocenters. The molecule has 0 N–H and O–H groups in total. The van der Waals surface area contributed by atoms with Crippen LogP contribution in [0.5, 0.6) is 0 Å². The van der Waals surface area contributed by atoms with E-state index in [2.05, 4.69) is 4.74 Å². The Morgan fingerprint density at radius 2 is 2.19 bits per heavy atom. The molecular weight excluding hydrogens is 212 g/mol. The molecule has 1 aromatic carbocycles. The average molecular weight is 220 g/mol. The lowest BCUT2D eigenvalue weighted by molar-refractivity contribution is -0.385. The van der Waals surface area contributed by atoms with E-state index in [9.17, 15) is 14.9 Å². The lowest BCUT2D eigenvalue weighted by Crippen LogP contribution is -2.07. The molecule has 0 aliphatic heterocycles. The second kappa shape index (κ2) is 4.40. The molecule has 0 fully saturated rings. The van der Waals surface area contributed by atoms with E-state index in [0.717, 1.165) is 7.11 Å². The highest BCUT2D eigenvalue weighted by molar-refractivity contribution is 5.93. The molecule has 0 aromatic heterocycles. The van der Waals surface area contributed by atoms with Gasteiger partial charge in [-0.2, -0.15) is 5.26 Å². The molecule has 6 heteroatoms. The number of hydrogen-bond donors (Lipinski definition) is 0. The molecule has 0 spiro atoms. The molecule has 0 amide bonds. The molecule has 0 bridgehead atoms. The van der Waals surface area contributed by atoms with Gasteiger partial charge in [0.1, 0.15) is 11.6 Å². The Bertz CT molecular complexity index is 502. The van der Waals surface area contributed by atoms with Crippen LogP contribution in [0.4, 0.5) is 5.69 Å². The number of methoxy groups -OCH3 is 1. The van der Waals surface area contributed by atoms with Crippen molar-refractivity contribution in [3.05, 3.63) is 38.9 Å². The van der Waals surface area contributed by atoms with E-state index in [1.54, 1.807) is 6.07 Å². The van der Waals surface area contributed by atoms with Crippen molar-refractivity contribution in [2.24, 2.45) is 0 Å². The predicted octanol–water partition coefficient (Wildman–Crippen LogP) is 1.56. The van der Waals surface area contributed by atoms with E-state index in [-0.39, 0.29) is 16.8 Å². The van der Waals surface area contributed by atoms with Gasteiger partial charge >= 0.3 is 5.97 Å². The third-order valence-corrected chi connectivity index (χ3v) is 2.08. The minimum absolute atomic E-state index is 0.0951. The van der Waals surface area contributed by atoms with Crippen LogP contribution in [0.2, 0.25) is 0 Å². The van der Waals surface area contributed by atoms with E-state index in [1.165, 1.54) is 19.1 Å². The zero-order valence-electron chi connectivity index (χ0n) is 8.68. The van der Waals surface area contributed by atoms with Gasteiger partial charge in [0.2, 0.25) is 0 Å². The number of carbonyl (C=O) groups excluding carboxylic acids is 1. The molecule has 82 valence electrons. The van der Waals surface area contributed by atoms with Crippen LogP contribution in [0, 0.1) is 28.4 Å². The number of benzene rings is 1. The molecule has 1 aromatic rings. The second-order valence-corrected chi connectivity index (χ2v) is 3.01.